The highest BCUT2D eigenvalue weighted by Crippen LogP contribution is 2.31. The first kappa shape index (κ1) is 10.3. The third-order valence-corrected chi connectivity index (χ3v) is 3.20. The monoisotopic (exact) mass is 218 g/mol. The Morgan fingerprint density at radius 2 is 2.20 bits per heavy atom. The van der Waals surface area contributed by atoms with Crippen molar-refractivity contribution in [2.75, 3.05) is 0 Å². The largest absolute Gasteiger partial charge is 0.276 e. The number of rotatable bonds is 0. The lowest BCUT2D eigenvalue weighted by atomic mass is 10.2. The van der Waals surface area contributed by atoms with E-state index in [9.17, 15) is 0 Å². The number of nitrogens with zero attached hydrogens (tertiary/aromatic N) is 2. The van der Waals surface area contributed by atoms with E-state index < -0.39 is 0 Å². The van der Waals surface area contributed by atoms with Crippen molar-refractivity contribution >= 4 is 11.8 Å². The first-order valence-corrected chi connectivity index (χ1v) is 5.89. The summed E-state index contributed by atoms with van der Waals surface area (Å²) < 4.78 is 1.75. The molecule has 1 aliphatic heterocycles. The van der Waals surface area contributed by atoms with E-state index in [2.05, 4.69) is 30.2 Å². The van der Waals surface area contributed by atoms with Crippen molar-refractivity contribution in [2.24, 2.45) is 7.05 Å². The number of aryl methyl sites for hydroxylation is 2. The van der Waals surface area contributed by atoms with Gasteiger partial charge in [0.05, 0.1) is 0 Å². The van der Waals surface area contributed by atoms with Crippen molar-refractivity contribution in [1.29, 1.82) is 0 Å². The van der Waals surface area contributed by atoms with E-state index in [1.807, 2.05) is 31.1 Å². The van der Waals surface area contributed by atoms with Crippen LogP contribution in [0.25, 0.3) is 0 Å². The van der Waals surface area contributed by atoms with Crippen molar-refractivity contribution < 1.29 is 0 Å². The SMILES string of the molecule is Cc1cc2cc(c1)SC2.Cn1cccn1. The van der Waals surface area contributed by atoms with E-state index >= 15 is 0 Å². The van der Waals surface area contributed by atoms with Gasteiger partial charge in [-0.1, -0.05) is 6.07 Å². The average molecular weight is 218 g/mol. The first-order valence-electron chi connectivity index (χ1n) is 4.91. The Morgan fingerprint density at radius 1 is 1.33 bits per heavy atom. The molecule has 0 unspecified atom stereocenters. The highest BCUT2D eigenvalue weighted by molar-refractivity contribution is 7.98. The lowest BCUT2D eigenvalue weighted by Gasteiger charge is -1.89. The van der Waals surface area contributed by atoms with Crippen molar-refractivity contribution in [2.45, 2.75) is 17.6 Å². The predicted molar refractivity (Wildman–Crippen MR) is 63.9 cm³/mol. The van der Waals surface area contributed by atoms with Crippen LogP contribution in [-0.4, -0.2) is 9.78 Å². The molecule has 1 aliphatic rings. The normalized spacial score (nSPS) is 12.1. The van der Waals surface area contributed by atoms with E-state index in [4.69, 9.17) is 0 Å². The molecule has 3 heteroatoms. The third kappa shape index (κ3) is 2.86. The lowest BCUT2D eigenvalue weighted by Crippen LogP contribution is -1.83. The number of fused-ring (bicyclic) bond motifs is 2. The van der Waals surface area contributed by atoms with E-state index in [0.29, 0.717) is 0 Å². The smallest absolute Gasteiger partial charge is 0.0489 e. The van der Waals surface area contributed by atoms with Crippen LogP contribution in [0.15, 0.2) is 41.6 Å². The molecule has 0 fully saturated rings. The zero-order chi connectivity index (χ0) is 10.7. The predicted octanol–water partition coefficient (Wildman–Crippen LogP) is 3.02. The van der Waals surface area contributed by atoms with Crippen molar-refractivity contribution in [3.63, 3.8) is 0 Å². The second-order valence-corrected chi connectivity index (χ2v) is 4.67. The Morgan fingerprint density at radius 3 is 2.73 bits per heavy atom. The Balaban J connectivity index is 0.000000124. The molecule has 0 saturated heterocycles. The molecule has 0 aliphatic carbocycles. The van der Waals surface area contributed by atoms with Gasteiger partial charge < -0.3 is 0 Å². The molecule has 3 rings (SSSR count). The summed E-state index contributed by atoms with van der Waals surface area (Å²) in [6, 6.07) is 8.64. The van der Waals surface area contributed by atoms with E-state index in [0.717, 1.165) is 0 Å². The van der Waals surface area contributed by atoms with Crippen LogP contribution in [0.3, 0.4) is 0 Å². The van der Waals surface area contributed by atoms with Gasteiger partial charge in [0.1, 0.15) is 0 Å². The highest BCUT2D eigenvalue weighted by Gasteiger charge is 2.06. The van der Waals surface area contributed by atoms with Gasteiger partial charge >= 0.3 is 0 Å². The zero-order valence-corrected chi connectivity index (χ0v) is 9.79. The molecule has 0 radical (unpaired) electrons. The minimum Gasteiger partial charge on any atom is -0.276 e. The van der Waals surface area contributed by atoms with Crippen LogP contribution < -0.4 is 0 Å². The Hall–Kier alpha value is -1.22. The maximum absolute atomic E-state index is 3.83. The molecule has 1 aromatic carbocycles. The summed E-state index contributed by atoms with van der Waals surface area (Å²) in [5.74, 6) is 1.18. The average Bonchev–Trinajstić information content (AvgIpc) is 2.77. The minimum absolute atomic E-state index is 1.18. The molecule has 0 spiro atoms. The van der Waals surface area contributed by atoms with Crippen LogP contribution >= 0.6 is 11.8 Å². The molecule has 1 aromatic heterocycles. The second kappa shape index (κ2) is 4.53. The van der Waals surface area contributed by atoms with Crippen LogP contribution in [0.4, 0.5) is 0 Å². The number of thioether (sulfide) groups is 1. The van der Waals surface area contributed by atoms with Crippen LogP contribution in [0.1, 0.15) is 11.1 Å². The lowest BCUT2D eigenvalue weighted by molar-refractivity contribution is 0.768. The molecule has 2 bridgehead atoms. The molecule has 0 saturated carbocycles. The van der Waals surface area contributed by atoms with Gasteiger partial charge in [-0.05, 0) is 36.2 Å². The van der Waals surface area contributed by atoms with Gasteiger partial charge in [0, 0.05) is 30.1 Å². The van der Waals surface area contributed by atoms with Crippen LogP contribution in [0, 0.1) is 6.92 Å². The van der Waals surface area contributed by atoms with Gasteiger partial charge in [-0.3, -0.25) is 4.68 Å². The Kier molecular flexibility index (Phi) is 3.11. The summed E-state index contributed by atoms with van der Waals surface area (Å²) >= 11 is 1.93. The van der Waals surface area contributed by atoms with E-state index in [1.165, 1.54) is 21.8 Å². The van der Waals surface area contributed by atoms with Gasteiger partial charge in [-0.15, -0.1) is 11.8 Å². The quantitative estimate of drug-likeness (QED) is 0.676. The first-order chi connectivity index (χ1) is 7.24. The maximum Gasteiger partial charge on any atom is 0.0489 e. The third-order valence-electron chi connectivity index (χ3n) is 2.15. The fourth-order valence-corrected chi connectivity index (χ4v) is 2.51. The summed E-state index contributed by atoms with van der Waals surface area (Å²) in [5, 5.41) is 3.83. The van der Waals surface area contributed by atoms with E-state index in [-0.39, 0.29) is 0 Å². The minimum atomic E-state index is 1.18. The van der Waals surface area contributed by atoms with Gasteiger partial charge in [0.2, 0.25) is 0 Å². The van der Waals surface area contributed by atoms with Gasteiger partial charge in [-0.25, -0.2) is 0 Å². The molecule has 0 N–H and O–H groups in total. The molecule has 2 nitrogen and oxygen atoms in total. The van der Waals surface area contributed by atoms with Crippen LogP contribution in [-0.2, 0) is 12.8 Å². The number of hydrogen-bond donors (Lipinski definition) is 0. The van der Waals surface area contributed by atoms with E-state index in [1.54, 1.807) is 10.9 Å². The van der Waals surface area contributed by atoms with Gasteiger partial charge in [-0.2, -0.15) is 5.10 Å². The molecule has 15 heavy (non-hydrogen) atoms. The molecule has 2 heterocycles. The van der Waals surface area contributed by atoms with Crippen molar-refractivity contribution in [3.8, 4) is 0 Å². The van der Waals surface area contributed by atoms with Crippen LogP contribution in [0.5, 0.6) is 0 Å². The zero-order valence-electron chi connectivity index (χ0n) is 8.97. The number of benzene rings is 1. The van der Waals surface area contributed by atoms with Crippen LogP contribution in [0.2, 0.25) is 0 Å². The summed E-state index contributed by atoms with van der Waals surface area (Å²) in [6.07, 6.45) is 3.64. The second-order valence-electron chi connectivity index (χ2n) is 3.62. The maximum atomic E-state index is 3.83. The standard InChI is InChI=1S/C8H8S.C4H6N2/c1-6-2-7-4-8(3-6)9-5-7;1-6-4-2-3-5-6/h2-4H,5H2,1H3;2-4H,1H3. The summed E-state index contributed by atoms with van der Waals surface area (Å²) in [4.78, 5) is 1.44. The molecule has 2 aromatic rings. The molecule has 78 valence electrons. The number of hydrogen-bond acceptors (Lipinski definition) is 2. The molecular weight excluding hydrogens is 204 g/mol. The Bertz CT molecular complexity index is 413. The fourth-order valence-electron chi connectivity index (χ4n) is 1.50. The summed E-state index contributed by atoms with van der Waals surface area (Å²) in [6.45, 7) is 2.15. The van der Waals surface area contributed by atoms with Crippen molar-refractivity contribution in [1.82, 2.24) is 9.78 Å². The van der Waals surface area contributed by atoms with Gasteiger partial charge in [0.25, 0.3) is 0 Å². The number of aromatic nitrogens is 2. The summed E-state index contributed by atoms with van der Waals surface area (Å²) in [5.41, 5.74) is 2.88. The van der Waals surface area contributed by atoms with Gasteiger partial charge in [0.15, 0.2) is 0 Å². The fraction of sp³-hybridized carbons (Fsp3) is 0.250. The highest BCUT2D eigenvalue weighted by atomic mass is 32.2. The topological polar surface area (TPSA) is 17.8 Å². The molecule has 0 atom stereocenters. The Labute approximate surface area is 94.3 Å². The van der Waals surface area contributed by atoms with Crippen molar-refractivity contribution in [3.05, 3.63) is 47.8 Å². The summed E-state index contributed by atoms with van der Waals surface area (Å²) in [7, 11) is 1.89. The molecule has 0 amide bonds. The molecular formula is C12H14N2S.